The van der Waals surface area contributed by atoms with E-state index >= 15 is 0 Å². The van der Waals surface area contributed by atoms with Crippen molar-refractivity contribution in [2.24, 2.45) is 0 Å². The smallest absolute Gasteiger partial charge is 0.305 e. The molecule has 0 bridgehead atoms. The average molecular weight is 388 g/mol. The van der Waals surface area contributed by atoms with E-state index in [0.717, 1.165) is 25.7 Å². The molecular weight excluding hydrogens is 364 g/mol. The zero-order valence-electron chi connectivity index (χ0n) is 15.7. The maximum absolute atomic E-state index is 12.6. The summed E-state index contributed by atoms with van der Waals surface area (Å²) in [5.41, 5.74) is 0.631. The van der Waals surface area contributed by atoms with Gasteiger partial charge in [0.15, 0.2) is 11.4 Å². The van der Waals surface area contributed by atoms with Gasteiger partial charge >= 0.3 is 5.97 Å². The summed E-state index contributed by atoms with van der Waals surface area (Å²) in [6, 6.07) is 1.65. The molecule has 0 aliphatic heterocycles. The van der Waals surface area contributed by atoms with E-state index in [0.29, 0.717) is 12.2 Å². The molecule has 0 aromatic carbocycles. The van der Waals surface area contributed by atoms with Gasteiger partial charge in [0.05, 0.1) is 18.7 Å². The lowest BCUT2D eigenvalue weighted by Crippen LogP contribution is -2.33. The number of rotatable bonds is 8. The summed E-state index contributed by atoms with van der Waals surface area (Å²) in [5.74, 6) is -1.73. The van der Waals surface area contributed by atoms with Gasteiger partial charge in [0, 0.05) is 25.0 Å². The van der Waals surface area contributed by atoms with Gasteiger partial charge in [-0.2, -0.15) is 10.2 Å². The standard InChI is InChI=1S/C18H24N6O4/c1-2-23-11-14(16(22-23)18(28)19-12-5-3-4-6-12)20-17(27)13-7-9-24(21-13)10-8-15(25)26/h7,9,11-12H,2-6,8,10H2,1H3,(H,19,28)(H,20,27)(H,25,26). The van der Waals surface area contributed by atoms with Gasteiger partial charge < -0.3 is 15.7 Å². The fourth-order valence-electron chi connectivity index (χ4n) is 3.17. The molecular formula is C18H24N6O4. The van der Waals surface area contributed by atoms with Crippen molar-refractivity contribution >= 4 is 23.5 Å². The van der Waals surface area contributed by atoms with Gasteiger partial charge in [0.1, 0.15) is 0 Å². The van der Waals surface area contributed by atoms with E-state index in [1.54, 1.807) is 17.1 Å². The highest BCUT2D eigenvalue weighted by atomic mass is 16.4. The lowest BCUT2D eigenvalue weighted by Gasteiger charge is -2.11. The Morgan fingerprint density at radius 2 is 1.93 bits per heavy atom. The van der Waals surface area contributed by atoms with Gasteiger partial charge in [-0.15, -0.1) is 0 Å². The van der Waals surface area contributed by atoms with Crippen molar-refractivity contribution in [3.8, 4) is 0 Å². The molecule has 10 nitrogen and oxygen atoms in total. The number of aromatic nitrogens is 4. The summed E-state index contributed by atoms with van der Waals surface area (Å²) in [4.78, 5) is 35.8. The summed E-state index contributed by atoms with van der Waals surface area (Å²) < 4.78 is 2.98. The molecule has 2 heterocycles. The number of carboxylic acids is 1. The Morgan fingerprint density at radius 1 is 1.18 bits per heavy atom. The second-order valence-corrected chi connectivity index (χ2v) is 6.76. The monoisotopic (exact) mass is 388 g/mol. The first-order valence-corrected chi connectivity index (χ1v) is 9.41. The molecule has 2 aromatic rings. The van der Waals surface area contributed by atoms with Crippen molar-refractivity contribution in [3.05, 3.63) is 29.8 Å². The van der Waals surface area contributed by atoms with Crippen molar-refractivity contribution in [2.75, 3.05) is 5.32 Å². The maximum Gasteiger partial charge on any atom is 0.305 e. The number of carbonyl (C=O) groups is 3. The summed E-state index contributed by atoms with van der Waals surface area (Å²) in [5, 5.41) is 22.7. The van der Waals surface area contributed by atoms with Crippen molar-refractivity contribution in [2.45, 2.75) is 58.2 Å². The molecule has 150 valence electrons. The average Bonchev–Trinajstić information content (AvgIpc) is 3.40. The Balaban J connectivity index is 1.70. The van der Waals surface area contributed by atoms with Crippen molar-refractivity contribution in [3.63, 3.8) is 0 Å². The van der Waals surface area contributed by atoms with Gasteiger partial charge in [0.25, 0.3) is 11.8 Å². The maximum atomic E-state index is 12.6. The third kappa shape index (κ3) is 4.76. The Labute approximate surface area is 161 Å². The van der Waals surface area contributed by atoms with Gasteiger partial charge in [-0.25, -0.2) is 0 Å². The van der Waals surface area contributed by atoms with Crippen LogP contribution in [0.4, 0.5) is 5.69 Å². The first-order valence-electron chi connectivity index (χ1n) is 9.41. The van der Waals surface area contributed by atoms with Crippen LogP contribution in [0.15, 0.2) is 18.5 Å². The van der Waals surface area contributed by atoms with Crippen LogP contribution in [0.5, 0.6) is 0 Å². The van der Waals surface area contributed by atoms with Crippen LogP contribution in [-0.2, 0) is 17.9 Å². The second kappa shape index (κ2) is 8.68. The predicted molar refractivity (Wildman–Crippen MR) is 100 cm³/mol. The first-order chi connectivity index (χ1) is 13.5. The molecule has 28 heavy (non-hydrogen) atoms. The van der Waals surface area contributed by atoms with Crippen LogP contribution in [-0.4, -0.2) is 48.5 Å². The van der Waals surface area contributed by atoms with Crippen molar-refractivity contribution < 1.29 is 19.5 Å². The van der Waals surface area contributed by atoms with E-state index in [1.165, 1.54) is 10.7 Å². The van der Waals surface area contributed by atoms with Crippen molar-refractivity contribution in [1.82, 2.24) is 24.9 Å². The number of carbonyl (C=O) groups excluding carboxylic acids is 2. The summed E-state index contributed by atoms with van der Waals surface area (Å²) in [6.45, 7) is 2.62. The van der Waals surface area contributed by atoms with Crippen LogP contribution in [0, 0.1) is 0 Å². The number of nitrogens with zero attached hydrogens (tertiary/aromatic N) is 4. The number of nitrogens with one attached hydrogen (secondary N) is 2. The number of carboxylic acid groups (broad SMARTS) is 1. The number of amides is 2. The fourth-order valence-corrected chi connectivity index (χ4v) is 3.17. The molecule has 3 N–H and O–H groups in total. The van der Waals surface area contributed by atoms with Gasteiger partial charge in [-0.1, -0.05) is 12.8 Å². The number of anilines is 1. The second-order valence-electron chi connectivity index (χ2n) is 6.76. The van der Waals surface area contributed by atoms with Gasteiger partial charge in [-0.3, -0.25) is 23.7 Å². The van der Waals surface area contributed by atoms with Crippen molar-refractivity contribution in [1.29, 1.82) is 0 Å². The summed E-state index contributed by atoms with van der Waals surface area (Å²) in [6.07, 6.45) is 7.18. The molecule has 3 rings (SSSR count). The molecule has 0 radical (unpaired) electrons. The van der Waals surface area contributed by atoms with Gasteiger partial charge in [-0.05, 0) is 25.8 Å². The Hall–Kier alpha value is -3.17. The van der Waals surface area contributed by atoms with Crippen LogP contribution in [0.1, 0.15) is 60.0 Å². The molecule has 2 amide bonds. The van der Waals surface area contributed by atoms with E-state index in [1.807, 2.05) is 6.92 Å². The topological polar surface area (TPSA) is 131 Å². The lowest BCUT2D eigenvalue weighted by atomic mass is 10.2. The molecule has 1 aliphatic rings. The molecule has 2 aromatic heterocycles. The summed E-state index contributed by atoms with van der Waals surface area (Å²) >= 11 is 0. The molecule has 1 aliphatic carbocycles. The Morgan fingerprint density at radius 3 is 2.61 bits per heavy atom. The molecule has 1 fully saturated rings. The highest BCUT2D eigenvalue weighted by Gasteiger charge is 2.23. The van der Waals surface area contributed by atoms with E-state index < -0.39 is 11.9 Å². The molecule has 0 atom stereocenters. The molecule has 0 spiro atoms. The van der Waals surface area contributed by atoms with Crippen LogP contribution in [0.2, 0.25) is 0 Å². The molecule has 1 saturated carbocycles. The number of aliphatic carboxylic acids is 1. The van der Waals surface area contributed by atoms with E-state index in [9.17, 15) is 14.4 Å². The highest BCUT2D eigenvalue weighted by molar-refractivity contribution is 6.07. The third-order valence-corrected chi connectivity index (χ3v) is 4.67. The zero-order chi connectivity index (χ0) is 20.1. The minimum atomic E-state index is -0.939. The van der Waals surface area contributed by atoms with Crippen LogP contribution in [0.3, 0.4) is 0 Å². The minimum absolute atomic E-state index is 0.0858. The largest absolute Gasteiger partial charge is 0.481 e. The fraction of sp³-hybridized carbons (Fsp3) is 0.500. The van der Waals surface area contributed by atoms with Crippen LogP contribution < -0.4 is 10.6 Å². The normalized spacial score (nSPS) is 14.2. The number of hydrogen-bond acceptors (Lipinski definition) is 5. The van der Waals surface area contributed by atoms with Crippen LogP contribution in [0.25, 0.3) is 0 Å². The number of hydrogen-bond donors (Lipinski definition) is 3. The van der Waals surface area contributed by atoms with E-state index in [-0.39, 0.29) is 36.3 Å². The predicted octanol–water partition coefficient (Wildman–Crippen LogP) is 1.50. The molecule has 0 saturated heterocycles. The SMILES string of the molecule is CCn1cc(NC(=O)c2ccn(CCC(=O)O)n2)c(C(=O)NC2CCCC2)n1. The zero-order valence-corrected chi connectivity index (χ0v) is 15.7. The molecule has 10 heteroatoms. The van der Waals surface area contributed by atoms with E-state index in [2.05, 4.69) is 20.8 Å². The Kier molecular flexibility index (Phi) is 6.07. The number of aryl methyl sites for hydroxylation is 2. The summed E-state index contributed by atoms with van der Waals surface area (Å²) in [7, 11) is 0. The minimum Gasteiger partial charge on any atom is -0.481 e. The lowest BCUT2D eigenvalue weighted by molar-refractivity contribution is -0.137. The first kappa shape index (κ1) is 19.6. The van der Waals surface area contributed by atoms with Gasteiger partial charge in [0.2, 0.25) is 0 Å². The quantitative estimate of drug-likeness (QED) is 0.628. The van der Waals surface area contributed by atoms with E-state index in [4.69, 9.17) is 5.11 Å². The third-order valence-electron chi connectivity index (χ3n) is 4.67. The molecule has 0 unspecified atom stereocenters. The highest BCUT2D eigenvalue weighted by Crippen LogP contribution is 2.20. The van der Waals surface area contributed by atoms with Crippen LogP contribution >= 0.6 is 0 Å². The Bertz CT molecular complexity index is 865.